The molecular weight excluding hydrogens is 274 g/mol. The van der Waals surface area contributed by atoms with E-state index in [0.29, 0.717) is 12.8 Å². The molecule has 0 aromatic heterocycles. The first kappa shape index (κ1) is 17.4. The van der Waals surface area contributed by atoms with E-state index in [1.54, 1.807) is 0 Å². The van der Waals surface area contributed by atoms with Gasteiger partial charge in [-0.2, -0.15) is 5.26 Å². The van der Waals surface area contributed by atoms with Gasteiger partial charge >= 0.3 is 0 Å². The van der Waals surface area contributed by atoms with Gasteiger partial charge < -0.3 is 0 Å². The molecule has 0 saturated carbocycles. The van der Waals surface area contributed by atoms with Gasteiger partial charge in [-0.1, -0.05) is 0 Å². The normalized spacial score (nSPS) is 26.4. The fraction of sp³-hybridized carbons (Fsp3) is 0.929. The summed E-state index contributed by atoms with van der Waals surface area (Å²) in [4.78, 5) is 2.11. The summed E-state index contributed by atoms with van der Waals surface area (Å²) in [5.74, 6) is 0.531. The van der Waals surface area contributed by atoms with Crippen LogP contribution >= 0.6 is 0 Å². The first-order valence-electron chi connectivity index (χ1n) is 7.20. The summed E-state index contributed by atoms with van der Waals surface area (Å²) in [7, 11) is -0.903. The highest BCUT2D eigenvalue weighted by molar-refractivity contribution is 7.91. The van der Waals surface area contributed by atoms with Crippen LogP contribution in [0.25, 0.3) is 0 Å². The predicted molar refractivity (Wildman–Crippen MR) is 81.2 cm³/mol. The molecule has 0 radical (unpaired) electrons. The summed E-state index contributed by atoms with van der Waals surface area (Å²) >= 11 is 0. The second-order valence-corrected chi connectivity index (χ2v) is 8.75. The van der Waals surface area contributed by atoms with Crippen LogP contribution in [0.3, 0.4) is 0 Å². The van der Waals surface area contributed by atoms with Crippen molar-refractivity contribution in [2.24, 2.45) is 0 Å². The number of nitrogens with one attached hydrogen (secondary N) is 1. The van der Waals surface area contributed by atoms with Crippen molar-refractivity contribution in [1.82, 2.24) is 10.2 Å². The number of rotatable bonds is 6. The molecule has 1 heterocycles. The molecule has 0 aliphatic carbocycles. The molecule has 3 unspecified atom stereocenters. The van der Waals surface area contributed by atoms with Crippen molar-refractivity contribution in [1.29, 1.82) is 5.26 Å². The van der Waals surface area contributed by atoms with E-state index in [9.17, 15) is 13.7 Å². The average Bonchev–Trinajstić information content (AvgIpc) is 2.67. The van der Waals surface area contributed by atoms with E-state index < -0.39 is 15.4 Å². The molecule has 1 saturated heterocycles. The molecule has 1 N–H and O–H groups in total. The van der Waals surface area contributed by atoms with Crippen molar-refractivity contribution >= 4 is 9.84 Å². The van der Waals surface area contributed by atoms with Crippen LogP contribution in [0, 0.1) is 11.3 Å². The molecule has 3 atom stereocenters. The summed E-state index contributed by atoms with van der Waals surface area (Å²) in [6.07, 6.45) is 1.37. The zero-order valence-corrected chi connectivity index (χ0v) is 14.0. The minimum absolute atomic E-state index is 0.0805. The quantitative estimate of drug-likeness (QED) is 0.797. The Balaban J connectivity index is 2.66. The number of nitrogens with zero attached hydrogens (tertiary/aromatic N) is 2. The number of hydrogen-bond donors (Lipinski definition) is 1. The Bertz CT molecular complexity index is 469. The van der Waals surface area contributed by atoms with Gasteiger partial charge in [0, 0.05) is 18.1 Å². The maximum Gasteiger partial charge on any atom is 0.151 e. The van der Waals surface area contributed by atoms with E-state index in [0.717, 1.165) is 0 Å². The second-order valence-electron chi connectivity index (χ2n) is 6.52. The van der Waals surface area contributed by atoms with Crippen molar-refractivity contribution in [3.8, 4) is 6.07 Å². The Morgan fingerprint density at radius 1 is 1.45 bits per heavy atom. The van der Waals surface area contributed by atoms with Gasteiger partial charge in [-0.25, -0.2) is 8.42 Å². The third kappa shape index (κ3) is 4.72. The van der Waals surface area contributed by atoms with Gasteiger partial charge in [-0.05, 0) is 47.6 Å². The third-order valence-electron chi connectivity index (χ3n) is 4.04. The second kappa shape index (κ2) is 6.42. The standard InChI is InChI=1S/C14H27N3O2S/c1-11(2)16-14(4,10-15)8-12(3)17(5)13-6-7-20(18,19)9-13/h11-13,16H,6-9H2,1-5H3. The van der Waals surface area contributed by atoms with Crippen LogP contribution < -0.4 is 5.32 Å². The number of nitriles is 1. The van der Waals surface area contributed by atoms with Crippen LogP contribution in [0.4, 0.5) is 0 Å². The largest absolute Gasteiger partial charge is 0.300 e. The summed E-state index contributed by atoms with van der Waals surface area (Å²) in [6.45, 7) is 8.01. The molecule has 5 nitrogen and oxygen atoms in total. The van der Waals surface area contributed by atoms with Gasteiger partial charge in [-0.3, -0.25) is 10.2 Å². The molecule has 0 bridgehead atoms. The van der Waals surface area contributed by atoms with Gasteiger partial charge in [-0.15, -0.1) is 0 Å². The lowest BCUT2D eigenvalue weighted by Crippen LogP contribution is -2.50. The molecule has 1 fully saturated rings. The van der Waals surface area contributed by atoms with E-state index in [4.69, 9.17) is 0 Å². The van der Waals surface area contributed by atoms with Crippen molar-refractivity contribution in [2.75, 3.05) is 18.6 Å². The third-order valence-corrected chi connectivity index (χ3v) is 5.79. The molecule has 1 aliphatic rings. The van der Waals surface area contributed by atoms with E-state index in [2.05, 4.69) is 23.2 Å². The molecule has 1 rings (SSSR count). The van der Waals surface area contributed by atoms with Crippen LogP contribution in [0.1, 0.15) is 40.5 Å². The molecule has 0 amide bonds. The molecule has 0 spiro atoms. The van der Waals surface area contributed by atoms with Gasteiger partial charge in [0.25, 0.3) is 0 Å². The fourth-order valence-electron chi connectivity index (χ4n) is 2.97. The molecule has 6 heteroatoms. The monoisotopic (exact) mass is 301 g/mol. The SMILES string of the molecule is CC(C)NC(C)(C#N)CC(C)N(C)C1CCS(=O)(=O)C1. The lowest BCUT2D eigenvalue weighted by Gasteiger charge is -2.35. The molecule has 116 valence electrons. The molecule has 0 aromatic rings. The highest BCUT2D eigenvalue weighted by atomic mass is 32.2. The first-order chi connectivity index (χ1) is 9.08. The Labute approximate surface area is 123 Å². The van der Waals surface area contributed by atoms with Crippen LogP contribution in [0.15, 0.2) is 0 Å². The van der Waals surface area contributed by atoms with Crippen LogP contribution in [0.2, 0.25) is 0 Å². The van der Waals surface area contributed by atoms with Crippen molar-refractivity contribution in [3.63, 3.8) is 0 Å². The predicted octanol–water partition coefficient (Wildman–Crippen LogP) is 1.16. The highest BCUT2D eigenvalue weighted by Crippen LogP contribution is 2.22. The van der Waals surface area contributed by atoms with E-state index in [1.807, 2.05) is 27.8 Å². The zero-order valence-electron chi connectivity index (χ0n) is 13.2. The molecule has 0 aromatic carbocycles. The topological polar surface area (TPSA) is 73.2 Å². The van der Waals surface area contributed by atoms with Gasteiger partial charge in [0.2, 0.25) is 0 Å². The summed E-state index contributed by atoms with van der Waals surface area (Å²) in [6, 6.07) is 2.82. The molecule has 20 heavy (non-hydrogen) atoms. The Kier molecular flexibility index (Phi) is 5.59. The Hall–Kier alpha value is -0.640. The van der Waals surface area contributed by atoms with Crippen molar-refractivity contribution < 1.29 is 8.42 Å². The summed E-state index contributed by atoms with van der Waals surface area (Å²) in [5.41, 5.74) is -0.584. The van der Waals surface area contributed by atoms with Crippen LogP contribution in [0.5, 0.6) is 0 Å². The first-order valence-corrected chi connectivity index (χ1v) is 9.02. The fourth-order valence-corrected chi connectivity index (χ4v) is 4.75. The Morgan fingerprint density at radius 2 is 2.05 bits per heavy atom. The number of sulfone groups is 1. The summed E-state index contributed by atoms with van der Waals surface area (Å²) < 4.78 is 23.1. The lowest BCUT2D eigenvalue weighted by atomic mass is 9.93. The van der Waals surface area contributed by atoms with Crippen LogP contribution in [-0.4, -0.2) is 55.5 Å². The number of hydrogen-bond acceptors (Lipinski definition) is 5. The summed E-state index contributed by atoms with van der Waals surface area (Å²) in [5, 5.41) is 12.7. The minimum atomic E-state index is -2.86. The van der Waals surface area contributed by atoms with Crippen molar-refractivity contribution in [2.45, 2.75) is 64.2 Å². The zero-order chi connectivity index (χ0) is 15.6. The minimum Gasteiger partial charge on any atom is -0.300 e. The molecule has 1 aliphatic heterocycles. The average molecular weight is 301 g/mol. The maximum atomic E-state index is 11.6. The van der Waals surface area contributed by atoms with Gasteiger partial charge in [0.15, 0.2) is 9.84 Å². The smallest absolute Gasteiger partial charge is 0.151 e. The highest BCUT2D eigenvalue weighted by Gasteiger charge is 2.35. The van der Waals surface area contributed by atoms with Gasteiger partial charge in [0.1, 0.15) is 5.54 Å². The van der Waals surface area contributed by atoms with E-state index in [-0.39, 0.29) is 29.6 Å². The Morgan fingerprint density at radius 3 is 2.45 bits per heavy atom. The lowest BCUT2D eigenvalue weighted by molar-refractivity contribution is 0.166. The van der Waals surface area contributed by atoms with E-state index in [1.165, 1.54) is 0 Å². The van der Waals surface area contributed by atoms with Gasteiger partial charge in [0.05, 0.1) is 17.6 Å². The van der Waals surface area contributed by atoms with Crippen molar-refractivity contribution in [3.05, 3.63) is 0 Å². The maximum absolute atomic E-state index is 11.6. The van der Waals surface area contributed by atoms with Crippen LogP contribution in [-0.2, 0) is 9.84 Å². The molecular formula is C14H27N3O2S. The van der Waals surface area contributed by atoms with E-state index >= 15 is 0 Å².